The largest absolute Gasteiger partial charge is 0.494 e. The van der Waals surface area contributed by atoms with Crippen molar-refractivity contribution >= 4 is 35.1 Å². The molecule has 5 rings (SSSR count). The average Bonchev–Trinajstić information content (AvgIpc) is 3.01. The van der Waals surface area contributed by atoms with E-state index in [-0.39, 0.29) is 18.3 Å². The van der Waals surface area contributed by atoms with Crippen LogP contribution in [0.3, 0.4) is 0 Å². The van der Waals surface area contributed by atoms with E-state index in [1.165, 1.54) is 5.69 Å². The van der Waals surface area contributed by atoms with Gasteiger partial charge in [0.15, 0.2) is 0 Å². The Kier molecular flexibility index (Phi) is 5.30. The Hall–Kier alpha value is -2.71. The fourth-order valence-corrected chi connectivity index (χ4v) is 4.27. The maximum Gasteiger partial charge on any atom is 0.494 e. The van der Waals surface area contributed by atoms with Gasteiger partial charge in [-0.3, -0.25) is 4.98 Å². The molecule has 2 aromatic heterocycles. The van der Waals surface area contributed by atoms with Crippen LogP contribution in [0, 0.1) is 0 Å². The van der Waals surface area contributed by atoms with Crippen molar-refractivity contribution in [1.82, 2.24) is 15.0 Å². The molecule has 0 amide bonds. The van der Waals surface area contributed by atoms with E-state index >= 15 is 0 Å². The van der Waals surface area contributed by atoms with Gasteiger partial charge < -0.3 is 19.5 Å². The lowest BCUT2D eigenvalue weighted by molar-refractivity contribution is 0.00578. The number of rotatable bonds is 4. The highest BCUT2D eigenvalue weighted by Gasteiger charge is 2.51. The zero-order chi connectivity index (χ0) is 22.3. The highest BCUT2D eigenvalue weighted by Crippen LogP contribution is 2.36. The molecule has 0 bridgehead atoms. The van der Waals surface area contributed by atoms with Gasteiger partial charge in [0.1, 0.15) is 0 Å². The molecule has 2 fully saturated rings. The predicted octanol–water partition coefficient (Wildman–Crippen LogP) is 3.40. The van der Waals surface area contributed by atoms with Crippen molar-refractivity contribution in [2.24, 2.45) is 0 Å². The SMILES string of the molecule is CC1(C)OB(c2ccc3nc(NC4CCN(c5ccncc5)CC4)ncc3c2)OC1(C)C. The van der Waals surface area contributed by atoms with Gasteiger partial charge in [0.25, 0.3) is 0 Å². The fraction of sp³-hybridized carbons (Fsp3) is 0.458. The molecule has 0 saturated carbocycles. The number of nitrogens with one attached hydrogen (secondary N) is 1. The van der Waals surface area contributed by atoms with Crippen LogP contribution in [0.15, 0.2) is 48.9 Å². The van der Waals surface area contributed by atoms with E-state index in [0.29, 0.717) is 12.0 Å². The van der Waals surface area contributed by atoms with Crippen molar-refractivity contribution in [3.63, 3.8) is 0 Å². The van der Waals surface area contributed by atoms with Crippen LogP contribution < -0.4 is 15.7 Å². The minimum Gasteiger partial charge on any atom is -0.399 e. The van der Waals surface area contributed by atoms with Gasteiger partial charge in [-0.15, -0.1) is 0 Å². The first-order valence-corrected chi connectivity index (χ1v) is 11.3. The average molecular weight is 431 g/mol. The molecule has 1 N–H and O–H groups in total. The third kappa shape index (κ3) is 4.05. The van der Waals surface area contributed by atoms with Gasteiger partial charge in [-0.2, -0.15) is 0 Å². The molecule has 2 aliphatic heterocycles. The van der Waals surface area contributed by atoms with Crippen LogP contribution in [0.1, 0.15) is 40.5 Å². The molecular weight excluding hydrogens is 401 g/mol. The lowest BCUT2D eigenvalue weighted by Crippen LogP contribution is -2.41. The maximum absolute atomic E-state index is 6.18. The molecule has 2 aliphatic rings. The van der Waals surface area contributed by atoms with Gasteiger partial charge in [-0.05, 0) is 64.2 Å². The molecule has 4 heterocycles. The van der Waals surface area contributed by atoms with Gasteiger partial charge in [-0.25, -0.2) is 9.97 Å². The van der Waals surface area contributed by atoms with E-state index in [9.17, 15) is 0 Å². The molecule has 166 valence electrons. The number of hydrogen-bond acceptors (Lipinski definition) is 7. The quantitative estimate of drug-likeness (QED) is 0.635. The van der Waals surface area contributed by atoms with Crippen LogP contribution in [0.2, 0.25) is 0 Å². The molecule has 7 nitrogen and oxygen atoms in total. The number of anilines is 2. The topological polar surface area (TPSA) is 72.4 Å². The van der Waals surface area contributed by atoms with Crippen molar-refractivity contribution in [1.29, 1.82) is 0 Å². The molecule has 0 spiro atoms. The van der Waals surface area contributed by atoms with Gasteiger partial charge >= 0.3 is 7.12 Å². The molecular formula is C24H30BN5O2. The molecule has 0 unspecified atom stereocenters. The zero-order valence-corrected chi connectivity index (χ0v) is 19.2. The Morgan fingerprint density at radius 2 is 1.69 bits per heavy atom. The number of pyridine rings is 1. The van der Waals surface area contributed by atoms with Crippen LogP contribution >= 0.6 is 0 Å². The fourth-order valence-electron chi connectivity index (χ4n) is 4.27. The lowest BCUT2D eigenvalue weighted by Gasteiger charge is -2.33. The minimum atomic E-state index is -0.382. The van der Waals surface area contributed by atoms with E-state index < -0.39 is 0 Å². The van der Waals surface area contributed by atoms with Gasteiger partial charge in [0, 0.05) is 48.8 Å². The molecule has 0 aliphatic carbocycles. The van der Waals surface area contributed by atoms with Crippen molar-refractivity contribution < 1.29 is 9.31 Å². The van der Waals surface area contributed by atoms with Crippen molar-refractivity contribution in [3.8, 4) is 0 Å². The molecule has 0 radical (unpaired) electrons. The second-order valence-electron chi connectivity index (χ2n) is 9.71. The van der Waals surface area contributed by atoms with Gasteiger partial charge in [0.2, 0.25) is 5.95 Å². The monoisotopic (exact) mass is 431 g/mol. The molecule has 32 heavy (non-hydrogen) atoms. The maximum atomic E-state index is 6.18. The summed E-state index contributed by atoms with van der Waals surface area (Å²) in [5, 5.41) is 4.51. The first-order valence-electron chi connectivity index (χ1n) is 11.3. The van der Waals surface area contributed by atoms with Crippen LogP contribution in [-0.2, 0) is 9.31 Å². The van der Waals surface area contributed by atoms with E-state index in [1.54, 1.807) is 0 Å². The smallest absolute Gasteiger partial charge is 0.399 e. The number of fused-ring (bicyclic) bond motifs is 1. The summed E-state index contributed by atoms with van der Waals surface area (Å²) >= 11 is 0. The number of nitrogens with zero attached hydrogens (tertiary/aromatic N) is 4. The summed E-state index contributed by atoms with van der Waals surface area (Å²) in [5.74, 6) is 0.684. The molecule has 3 aromatic rings. The number of aromatic nitrogens is 3. The third-order valence-electron chi connectivity index (χ3n) is 6.99. The lowest BCUT2D eigenvalue weighted by atomic mass is 9.78. The predicted molar refractivity (Wildman–Crippen MR) is 128 cm³/mol. The summed E-state index contributed by atoms with van der Waals surface area (Å²) in [5.41, 5.74) is 2.42. The summed E-state index contributed by atoms with van der Waals surface area (Å²) in [6.07, 6.45) is 7.67. The standard InChI is InChI=1S/C24H30BN5O2/c1-23(2)24(3,4)32-25(31-23)18-5-6-21-17(15-18)16-27-22(29-21)28-19-9-13-30(14-10-19)20-7-11-26-12-8-20/h5-8,11-12,15-16,19H,9-10,13-14H2,1-4H3,(H,27,28,29). The summed E-state index contributed by atoms with van der Waals surface area (Å²) in [6, 6.07) is 10.6. The van der Waals surface area contributed by atoms with E-state index in [0.717, 1.165) is 42.3 Å². The van der Waals surface area contributed by atoms with Crippen molar-refractivity contribution in [2.45, 2.75) is 57.8 Å². The Morgan fingerprint density at radius 1 is 1.00 bits per heavy atom. The number of benzene rings is 1. The second-order valence-corrected chi connectivity index (χ2v) is 9.71. The van der Waals surface area contributed by atoms with E-state index in [4.69, 9.17) is 14.3 Å². The van der Waals surface area contributed by atoms with Crippen LogP contribution in [0.5, 0.6) is 0 Å². The summed E-state index contributed by atoms with van der Waals surface area (Å²) in [7, 11) is -0.382. The molecule has 1 aromatic carbocycles. The number of hydrogen-bond donors (Lipinski definition) is 1. The van der Waals surface area contributed by atoms with E-state index in [2.05, 4.69) is 66.1 Å². The summed E-state index contributed by atoms with van der Waals surface area (Å²) in [6.45, 7) is 10.3. The Labute approximate surface area is 189 Å². The zero-order valence-electron chi connectivity index (χ0n) is 19.2. The van der Waals surface area contributed by atoms with Crippen LogP contribution in [0.4, 0.5) is 11.6 Å². The normalized spacial score (nSPS) is 20.6. The van der Waals surface area contributed by atoms with Gasteiger partial charge in [0.05, 0.1) is 16.7 Å². The van der Waals surface area contributed by atoms with Crippen molar-refractivity contribution in [3.05, 3.63) is 48.9 Å². The Balaban J connectivity index is 1.25. The Bertz CT molecular complexity index is 1080. The highest BCUT2D eigenvalue weighted by atomic mass is 16.7. The van der Waals surface area contributed by atoms with Gasteiger partial charge in [-0.1, -0.05) is 12.1 Å². The third-order valence-corrected chi connectivity index (χ3v) is 6.99. The van der Waals surface area contributed by atoms with Crippen LogP contribution in [-0.4, -0.2) is 52.4 Å². The van der Waals surface area contributed by atoms with E-state index in [1.807, 2.05) is 30.7 Å². The Morgan fingerprint density at radius 3 is 2.38 bits per heavy atom. The second kappa shape index (κ2) is 8.01. The molecule has 8 heteroatoms. The summed E-state index contributed by atoms with van der Waals surface area (Å²) < 4.78 is 12.4. The molecule has 2 saturated heterocycles. The highest BCUT2D eigenvalue weighted by molar-refractivity contribution is 6.62. The summed E-state index contributed by atoms with van der Waals surface area (Å²) in [4.78, 5) is 15.8. The number of piperidine rings is 1. The first-order chi connectivity index (χ1) is 15.3. The van der Waals surface area contributed by atoms with Crippen molar-refractivity contribution in [2.75, 3.05) is 23.3 Å². The van der Waals surface area contributed by atoms with Crippen LogP contribution in [0.25, 0.3) is 10.9 Å². The first kappa shape index (κ1) is 21.2. The minimum absolute atomic E-state index is 0.357. The molecule has 0 atom stereocenters.